The van der Waals surface area contributed by atoms with Crippen LogP contribution in [0.4, 0.5) is 0 Å². The third-order valence-corrected chi connectivity index (χ3v) is 3.86. The molecule has 116 valence electrons. The molecule has 0 saturated carbocycles. The minimum atomic E-state index is -0.568. The van der Waals surface area contributed by atoms with Crippen LogP contribution < -0.4 is 10.5 Å². The molecule has 1 aromatic carbocycles. The van der Waals surface area contributed by atoms with Crippen molar-refractivity contribution in [1.82, 2.24) is 4.90 Å². The van der Waals surface area contributed by atoms with Gasteiger partial charge in [-0.25, -0.2) is 0 Å². The predicted octanol–water partition coefficient (Wildman–Crippen LogP) is 1.46. The standard InChI is InChI=1S/C15H16ClN3O3/c16-11-7-10(8-17)4-5-13(11)22-9-14(20)19-6-2-1-3-12(19)15(18)21/h4-5,7,12H,1-3,6,9H2,(H2,18,21)/t12-/m0/s1. The molecule has 2 N–H and O–H groups in total. The number of likely N-dealkylation sites (tertiary alicyclic amines) is 1. The molecule has 2 amide bonds. The van der Waals surface area contributed by atoms with E-state index >= 15 is 0 Å². The molecule has 2 rings (SSSR count). The molecule has 1 heterocycles. The first kappa shape index (κ1) is 16.1. The first-order valence-electron chi connectivity index (χ1n) is 6.94. The molecule has 0 unspecified atom stereocenters. The third-order valence-electron chi connectivity index (χ3n) is 3.56. The van der Waals surface area contributed by atoms with E-state index in [4.69, 9.17) is 27.3 Å². The Hall–Kier alpha value is -2.26. The SMILES string of the molecule is N#Cc1ccc(OCC(=O)N2CCCC[C@H]2C(N)=O)c(Cl)c1. The van der Waals surface area contributed by atoms with Gasteiger partial charge in [-0.15, -0.1) is 0 Å². The van der Waals surface area contributed by atoms with Gasteiger partial charge in [-0.1, -0.05) is 11.6 Å². The van der Waals surface area contributed by atoms with E-state index in [1.54, 1.807) is 6.07 Å². The van der Waals surface area contributed by atoms with Crippen LogP contribution in [0.3, 0.4) is 0 Å². The number of halogens is 1. The van der Waals surface area contributed by atoms with Crippen molar-refractivity contribution in [3.63, 3.8) is 0 Å². The highest BCUT2D eigenvalue weighted by Gasteiger charge is 2.30. The molecular weight excluding hydrogens is 306 g/mol. The normalized spacial score (nSPS) is 17.6. The van der Waals surface area contributed by atoms with E-state index < -0.39 is 11.9 Å². The zero-order valence-electron chi connectivity index (χ0n) is 11.9. The Morgan fingerprint density at radius 1 is 1.45 bits per heavy atom. The van der Waals surface area contributed by atoms with Gasteiger partial charge in [-0.2, -0.15) is 5.26 Å². The number of primary amides is 1. The number of hydrogen-bond donors (Lipinski definition) is 1. The fraction of sp³-hybridized carbons (Fsp3) is 0.400. The second-order valence-corrected chi connectivity index (χ2v) is 5.45. The monoisotopic (exact) mass is 321 g/mol. The highest BCUT2D eigenvalue weighted by Crippen LogP contribution is 2.25. The number of rotatable bonds is 4. The van der Waals surface area contributed by atoms with Gasteiger partial charge in [0.15, 0.2) is 6.61 Å². The molecule has 1 fully saturated rings. The maximum Gasteiger partial charge on any atom is 0.261 e. The van der Waals surface area contributed by atoms with Gasteiger partial charge in [-0.3, -0.25) is 9.59 Å². The van der Waals surface area contributed by atoms with Gasteiger partial charge in [0, 0.05) is 6.54 Å². The summed E-state index contributed by atoms with van der Waals surface area (Å²) in [4.78, 5) is 25.1. The molecule has 1 aromatic rings. The summed E-state index contributed by atoms with van der Waals surface area (Å²) in [6.07, 6.45) is 2.30. The minimum absolute atomic E-state index is 0.227. The van der Waals surface area contributed by atoms with Crippen LogP contribution in [-0.4, -0.2) is 35.9 Å². The molecule has 0 radical (unpaired) electrons. The Balaban J connectivity index is 2.00. The van der Waals surface area contributed by atoms with Crippen LogP contribution in [0.25, 0.3) is 0 Å². The van der Waals surface area contributed by atoms with Gasteiger partial charge in [0.1, 0.15) is 11.8 Å². The number of amides is 2. The lowest BCUT2D eigenvalue weighted by Crippen LogP contribution is -2.51. The first-order chi connectivity index (χ1) is 10.5. The van der Waals surface area contributed by atoms with E-state index in [2.05, 4.69) is 0 Å². The van der Waals surface area contributed by atoms with Gasteiger partial charge in [0.2, 0.25) is 5.91 Å². The minimum Gasteiger partial charge on any atom is -0.482 e. The lowest BCUT2D eigenvalue weighted by atomic mass is 10.0. The lowest BCUT2D eigenvalue weighted by molar-refractivity contribution is -0.142. The molecule has 22 heavy (non-hydrogen) atoms. The summed E-state index contributed by atoms with van der Waals surface area (Å²) >= 11 is 5.98. The Labute approximate surface area is 133 Å². The van der Waals surface area contributed by atoms with Crippen molar-refractivity contribution in [2.45, 2.75) is 25.3 Å². The van der Waals surface area contributed by atoms with E-state index in [0.717, 1.165) is 12.8 Å². The molecule has 6 nitrogen and oxygen atoms in total. The van der Waals surface area contributed by atoms with Crippen LogP contribution in [0.15, 0.2) is 18.2 Å². The average Bonchev–Trinajstić information content (AvgIpc) is 2.53. The van der Waals surface area contributed by atoms with Crippen molar-refractivity contribution < 1.29 is 14.3 Å². The molecule has 0 bridgehead atoms. The first-order valence-corrected chi connectivity index (χ1v) is 7.32. The zero-order chi connectivity index (χ0) is 16.1. The van der Waals surface area contributed by atoms with Crippen molar-refractivity contribution in [2.24, 2.45) is 5.73 Å². The van der Waals surface area contributed by atoms with Crippen LogP contribution in [0.2, 0.25) is 5.02 Å². The Morgan fingerprint density at radius 3 is 2.86 bits per heavy atom. The molecule has 1 aliphatic rings. The number of piperidine rings is 1. The van der Waals surface area contributed by atoms with E-state index in [-0.39, 0.29) is 17.5 Å². The Morgan fingerprint density at radius 2 is 2.23 bits per heavy atom. The summed E-state index contributed by atoms with van der Waals surface area (Å²) in [5.41, 5.74) is 5.74. The lowest BCUT2D eigenvalue weighted by Gasteiger charge is -2.33. The molecule has 1 aliphatic heterocycles. The Kier molecular flexibility index (Phi) is 5.23. The van der Waals surface area contributed by atoms with Crippen molar-refractivity contribution in [3.8, 4) is 11.8 Å². The quantitative estimate of drug-likeness (QED) is 0.907. The number of nitrogens with two attached hydrogens (primary N) is 1. The van der Waals surface area contributed by atoms with E-state index in [1.807, 2.05) is 6.07 Å². The summed E-state index contributed by atoms with van der Waals surface area (Å²) in [5, 5.41) is 9.03. The fourth-order valence-corrected chi connectivity index (χ4v) is 2.67. The summed E-state index contributed by atoms with van der Waals surface area (Å²) < 4.78 is 5.39. The van der Waals surface area contributed by atoms with Crippen molar-refractivity contribution in [3.05, 3.63) is 28.8 Å². The van der Waals surface area contributed by atoms with Crippen molar-refractivity contribution in [2.75, 3.05) is 13.2 Å². The molecular formula is C15H16ClN3O3. The summed E-state index contributed by atoms with van der Waals surface area (Å²) in [6, 6.07) is 5.95. The van der Waals surface area contributed by atoms with E-state index in [1.165, 1.54) is 17.0 Å². The molecule has 1 atom stereocenters. The molecule has 0 aliphatic carbocycles. The number of nitriles is 1. The fourth-order valence-electron chi connectivity index (χ4n) is 2.44. The van der Waals surface area contributed by atoms with Crippen LogP contribution in [0.1, 0.15) is 24.8 Å². The molecule has 1 saturated heterocycles. The molecule has 0 aromatic heterocycles. The highest BCUT2D eigenvalue weighted by atomic mass is 35.5. The van der Waals surface area contributed by atoms with Gasteiger partial charge in [0.25, 0.3) is 5.91 Å². The van der Waals surface area contributed by atoms with Gasteiger partial charge < -0.3 is 15.4 Å². The number of hydrogen-bond acceptors (Lipinski definition) is 4. The van der Waals surface area contributed by atoms with Crippen molar-refractivity contribution >= 4 is 23.4 Å². The number of ether oxygens (including phenoxy) is 1. The van der Waals surface area contributed by atoms with Crippen LogP contribution in [0.5, 0.6) is 5.75 Å². The largest absolute Gasteiger partial charge is 0.482 e. The van der Waals surface area contributed by atoms with Crippen LogP contribution >= 0.6 is 11.6 Å². The predicted molar refractivity (Wildman–Crippen MR) is 80.2 cm³/mol. The van der Waals surface area contributed by atoms with Gasteiger partial charge in [0.05, 0.1) is 16.7 Å². The third kappa shape index (κ3) is 3.68. The maximum absolute atomic E-state index is 12.2. The van der Waals surface area contributed by atoms with Gasteiger partial charge >= 0.3 is 0 Å². The van der Waals surface area contributed by atoms with Crippen LogP contribution in [0, 0.1) is 11.3 Å². The number of benzene rings is 1. The second kappa shape index (κ2) is 7.14. The average molecular weight is 322 g/mol. The summed E-state index contributed by atoms with van der Waals surface area (Å²) in [7, 11) is 0. The highest BCUT2D eigenvalue weighted by molar-refractivity contribution is 6.32. The number of carbonyl (C=O) groups excluding carboxylic acids is 2. The van der Waals surface area contributed by atoms with Crippen molar-refractivity contribution in [1.29, 1.82) is 5.26 Å². The zero-order valence-corrected chi connectivity index (χ0v) is 12.7. The summed E-state index contributed by atoms with van der Waals surface area (Å²) in [5.74, 6) is -0.477. The smallest absolute Gasteiger partial charge is 0.261 e. The Bertz CT molecular complexity index is 627. The topological polar surface area (TPSA) is 96.4 Å². The number of nitrogens with zero attached hydrogens (tertiary/aromatic N) is 2. The number of carbonyl (C=O) groups is 2. The second-order valence-electron chi connectivity index (χ2n) is 5.05. The maximum atomic E-state index is 12.2. The van der Waals surface area contributed by atoms with E-state index in [9.17, 15) is 9.59 Å². The van der Waals surface area contributed by atoms with Crippen LogP contribution in [-0.2, 0) is 9.59 Å². The molecule has 0 spiro atoms. The summed E-state index contributed by atoms with van der Waals surface area (Å²) in [6.45, 7) is 0.270. The van der Waals surface area contributed by atoms with Gasteiger partial charge in [-0.05, 0) is 37.5 Å². The molecule has 7 heteroatoms. The van der Waals surface area contributed by atoms with E-state index in [0.29, 0.717) is 24.3 Å².